The van der Waals surface area contributed by atoms with Crippen LogP contribution in [0.3, 0.4) is 0 Å². The number of aliphatic imine (C=N–C) groups is 1. The Morgan fingerprint density at radius 2 is 2.09 bits per heavy atom. The first-order valence-electron chi connectivity index (χ1n) is 6.77. The van der Waals surface area contributed by atoms with E-state index in [0.29, 0.717) is 15.9 Å². The van der Waals surface area contributed by atoms with Crippen molar-refractivity contribution in [1.82, 2.24) is 9.80 Å². The molecule has 0 aliphatic carbocycles. The van der Waals surface area contributed by atoms with Crippen molar-refractivity contribution in [2.75, 3.05) is 41.3 Å². The Hall–Kier alpha value is -1.40. The van der Waals surface area contributed by atoms with Crippen molar-refractivity contribution < 1.29 is 9.13 Å². The van der Waals surface area contributed by atoms with Crippen molar-refractivity contribution in [3.05, 3.63) is 21.0 Å². The first-order valence-corrected chi connectivity index (χ1v) is 7.85. The summed E-state index contributed by atoms with van der Waals surface area (Å²) in [6, 6.07) is 3.47. The number of hydrogen-bond acceptors (Lipinski definition) is 4. The lowest BCUT2D eigenvalue weighted by molar-refractivity contribution is 0.279. The van der Waals surface area contributed by atoms with E-state index in [1.165, 1.54) is 6.34 Å². The van der Waals surface area contributed by atoms with E-state index in [0.717, 1.165) is 13.0 Å². The van der Waals surface area contributed by atoms with Crippen molar-refractivity contribution in [1.29, 1.82) is 5.26 Å². The molecule has 0 atom stereocenters. The van der Waals surface area contributed by atoms with Gasteiger partial charge in [-0.3, -0.25) is 0 Å². The molecule has 5 nitrogen and oxygen atoms in total. The Bertz CT molecular complexity index is 582. The Labute approximate surface area is 144 Å². The zero-order valence-corrected chi connectivity index (χ0v) is 15.4. The molecule has 0 amide bonds. The summed E-state index contributed by atoms with van der Waals surface area (Å²) in [5.41, 5.74) is 0.208. The Morgan fingerprint density at radius 1 is 1.41 bits per heavy atom. The summed E-state index contributed by atoms with van der Waals surface area (Å²) >= 11 is 1.85. The highest BCUT2D eigenvalue weighted by Crippen LogP contribution is 2.33. The van der Waals surface area contributed by atoms with Gasteiger partial charge in [-0.05, 0) is 43.1 Å². The highest BCUT2D eigenvalue weighted by Gasteiger charge is 2.17. The highest BCUT2D eigenvalue weighted by atomic mass is 127. The van der Waals surface area contributed by atoms with Crippen LogP contribution < -0.4 is 4.74 Å². The van der Waals surface area contributed by atoms with Crippen LogP contribution >= 0.6 is 22.6 Å². The molecule has 0 spiro atoms. The highest BCUT2D eigenvalue weighted by molar-refractivity contribution is 14.1. The minimum Gasteiger partial charge on any atom is -0.492 e. The van der Waals surface area contributed by atoms with Crippen LogP contribution in [0.4, 0.5) is 10.1 Å². The van der Waals surface area contributed by atoms with Crippen LogP contribution in [0, 0.1) is 20.7 Å². The zero-order valence-electron chi connectivity index (χ0n) is 13.2. The third-order valence-electron chi connectivity index (χ3n) is 2.70. The Kier molecular flexibility index (Phi) is 7.55. The predicted octanol–water partition coefficient (Wildman–Crippen LogP) is 2.85. The second-order valence-electron chi connectivity index (χ2n) is 5.22. The van der Waals surface area contributed by atoms with Gasteiger partial charge < -0.3 is 14.5 Å². The van der Waals surface area contributed by atoms with Crippen molar-refractivity contribution in [2.24, 2.45) is 4.99 Å². The number of nitrogens with zero attached hydrogens (tertiary/aromatic N) is 4. The predicted molar refractivity (Wildman–Crippen MR) is 94.3 cm³/mol. The van der Waals surface area contributed by atoms with Gasteiger partial charge in [0.1, 0.15) is 17.4 Å². The normalized spacial score (nSPS) is 11.0. The fourth-order valence-electron chi connectivity index (χ4n) is 1.64. The lowest BCUT2D eigenvalue weighted by Crippen LogP contribution is -2.15. The van der Waals surface area contributed by atoms with Gasteiger partial charge in [-0.25, -0.2) is 9.38 Å². The summed E-state index contributed by atoms with van der Waals surface area (Å²) in [6.45, 7) is 1.37. The standard InChI is InChI=1S/C15H20FIN4O/c1-20(2)6-5-7-22-13-8-12(19-10-21(3)4)11(9-18)14(16)15(13)17/h8,10H,5-7H2,1-4H3. The number of benzene rings is 1. The van der Waals surface area contributed by atoms with Gasteiger partial charge in [-0.2, -0.15) is 5.26 Å². The average Bonchev–Trinajstić information content (AvgIpc) is 2.45. The average molecular weight is 418 g/mol. The molecule has 0 aliphatic rings. The summed E-state index contributed by atoms with van der Waals surface area (Å²) in [7, 11) is 7.58. The van der Waals surface area contributed by atoms with Crippen LogP contribution in [0.2, 0.25) is 0 Å². The third-order valence-corrected chi connectivity index (χ3v) is 3.70. The molecular formula is C15H20FIN4O. The lowest BCUT2D eigenvalue weighted by atomic mass is 10.1. The van der Waals surface area contributed by atoms with Crippen molar-refractivity contribution in [3.8, 4) is 11.8 Å². The maximum atomic E-state index is 14.3. The molecule has 0 radical (unpaired) electrons. The number of hydrogen-bond donors (Lipinski definition) is 0. The van der Waals surface area contributed by atoms with E-state index in [1.54, 1.807) is 25.1 Å². The van der Waals surface area contributed by atoms with Gasteiger partial charge in [0.25, 0.3) is 0 Å². The third kappa shape index (κ3) is 5.42. The maximum absolute atomic E-state index is 14.3. The minimum absolute atomic E-state index is 0.0665. The van der Waals surface area contributed by atoms with E-state index in [1.807, 2.05) is 42.8 Å². The molecule has 120 valence electrons. The molecule has 0 unspecified atom stereocenters. The summed E-state index contributed by atoms with van der Waals surface area (Å²) in [5, 5.41) is 9.13. The molecular weight excluding hydrogens is 398 g/mol. The van der Waals surface area contributed by atoms with Crippen LogP contribution in [0.1, 0.15) is 12.0 Å². The quantitative estimate of drug-likeness (QED) is 0.296. The zero-order chi connectivity index (χ0) is 16.7. The number of halogens is 2. The molecule has 0 heterocycles. The van der Waals surface area contributed by atoms with E-state index in [-0.39, 0.29) is 11.3 Å². The number of nitriles is 1. The van der Waals surface area contributed by atoms with Gasteiger partial charge in [-0.1, -0.05) is 0 Å². The molecule has 1 rings (SSSR count). The number of rotatable bonds is 7. The first-order chi connectivity index (χ1) is 10.4. The van der Waals surface area contributed by atoms with Crippen LogP contribution in [-0.2, 0) is 0 Å². The molecule has 0 aliphatic heterocycles. The minimum atomic E-state index is -0.584. The molecule has 0 N–H and O–H groups in total. The first kappa shape index (κ1) is 18.6. The SMILES string of the molecule is CN(C)C=Nc1cc(OCCCN(C)C)c(I)c(F)c1C#N. The van der Waals surface area contributed by atoms with Gasteiger partial charge in [0, 0.05) is 26.7 Å². The number of ether oxygens (including phenoxy) is 1. The Morgan fingerprint density at radius 3 is 2.64 bits per heavy atom. The van der Waals surface area contributed by atoms with Gasteiger partial charge in [0.15, 0.2) is 5.82 Å². The van der Waals surface area contributed by atoms with Gasteiger partial charge >= 0.3 is 0 Å². The smallest absolute Gasteiger partial charge is 0.160 e. The van der Waals surface area contributed by atoms with E-state index >= 15 is 0 Å². The maximum Gasteiger partial charge on any atom is 0.160 e. The van der Waals surface area contributed by atoms with Crippen LogP contribution in [0.25, 0.3) is 0 Å². The van der Waals surface area contributed by atoms with Gasteiger partial charge in [0.2, 0.25) is 0 Å². The molecule has 7 heteroatoms. The van der Waals surface area contributed by atoms with Crippen molar-refractivity contribution in [2.45, 2.75) is 6.42 Å². The molecule has 0 bridgehead atoms. The van der Waals surface area contributed by atoms with Crippen molar-refractivity contribution >= 4 is 34.6 Å². The molecule has 0 saturated carbocycles. The fraction of sp³-hybridized carbons (Fsp3) is 0.467. The second kappa shape index (κ2) is 8.90. The van der Waals surface area contributed by atoms with Crippen molar-refractivity contribution in [3.63, 3.8) is 0 Å². The molecule has 0 aromatic heterocycles. The van der Waals surface area contributed by atoms with Crippen LogP contribution in [0.5, 0.6) is 5.75 Å². The van der Waals surface area contributed by atoms with Gasteiger partial charge in [-0.15, -0.1) is 0 Å². The molecule has 22 heavy (non-hydrogen) atoms. The van der Waals surface area contributed by atoms with E-state index in [9.17, 15) is 4.39 Å². The van der Waals surface area contributed by atoms with E-state index in [4.69, 9.17) is 10.00 Å². The summed E-state index contributed by atoms with van der Waals surface area (Å²) in [6.07, 6.45) is 2.36. The molecule has 0 saturated heterocycles. The lowest BCUT2D eigenvalue weighted by Gasteiger charge is -2.13. The Balaban J connectivity index is 3.01. The van der Waals surface area contributed by atoms with E-state index < -0.39 is 5.82 Å². The van der Waals surface area contributed by atoms with Gasteiger partial charge in [0.05, 0.1) is 22.2 Å². The summed E-state index contributed by atoms with van der Waals surface area (Å²) in [5.74, 6) is -0.166. The molecule has 1 aromatic rings. The monoisotopic (exact) mass is 418 g/mol. The molecule has 1 aromatic carbocycles. The topological polar surface area (TPSA) is 51.9 Å². The summed E-state index contributed by atoms with van der Waals surface area (Å²) in [4.78, 5) is 7.92. The van der Waals surface area contributed by atoms with E-state index in [2.05, 4.69) is 9.89 Å². The summed E-state index contributed by atoms with van der Waals surface area (Å²) < 4.78 is 20.2. The largest absolute Gasteiger partial charge is 0.492 e. The molecule has 0 fully saturated rings. The fourth-order valence-corrected chi connectivity index (χ4v) is 2.22. The van der Waals surface area contributed by atoms with Crippen LogP contribution in [-0.4, -0.2) is 57.5 Å². The van der Waals surface area contributed by atoms with Crippen LogP contribution in [0.15, 0.2) is 11.1 Å². The second-order valence-corrected chi connectivity index (χ2v) is 6.30.